The number of hydrogen-bond donors (Lipinski definition) is 1. The number of furan rings is 1. The van der Waals surface area contributed by atoms with E-state index in [1.54, 1.807) is 41.3 Å². The smallest absolute Gasteiger partial charge is 0.289 e. The first-order chi connectivity index (χ1) is 13.0. The number of hydrogen-bond acceptors (Lipinski definition) is 5. The van der Waals surface area contributed by atoms with E-state index in [1.807, 2.05) is 11.8 Å². The Balaban J connectivity index is 1.55. The molecule has 1 aromatic heterocycles. The molecule has 0 radical (unpaired) electrons. The summed E-state index contributed by atoms with van der Waals surface area (Å²) in [6.45, 7) is 5.62. The number of carbonyl (C=O) groups excluding carboxylic acids is 3. The van der Waals surface area contributed by atoms with Gasteiger partial charge in [-0.2, -0.15) is 0 Å². The topological polar surface area (TPSA) is 82.9 Å². The van der Waals surface area contributed by atoms with Gasteiger partial charge in [0.2, 0.25) is 5.91 Å². The quantitative estimate of drug-likeness (QED) is 0.818. The maximum absolute atomic E-state index is 12.6. The zero-order valence-electron chi connectivity index (χ0n) is 15.5. The third-order valence-corrected chi connectivity index (χ3v) is 4.80. The molecule has 1 aromatic carbocycles. The number of anilines is 1. The van der Waals surface area contributed by atoms with Crippen LogP contribution in [0.15, 0.2) is 47.1 Å². The number of nitrogens with zero attached hydrogens (tertiary/aromatic N) is 2. The third kappa shape index (κ3) is 4.43. The third-order valence-electron chi connectivity index (χ3n) is 4.80. The molecule has 7 nitrogen and oxygen atoms in total. The van der Waals surface area contributed by atoms with Gasteiger partial charge in [0, 0.05) is 37.4 Å². The molecule has 1 N–H and O–H groups in total. The van der Waals surface area contributed by atoms with Crippen molar-refractivity contribution >= 4 is 23.3 Å². The summed E-state index contributed by atoms with van der Waals surface area (Å²) in [5.41, 5.74) is 1.16. The van der Waals surface area contributed by atoms with Crippen molar-refractivity contribution in [3.05, 3.63) is 54.0 Å². The van der Waals surface area contributed by atoms with E-state index < -0.39 is 0 Å². The molecule has 1 fully saturated rings. The van der Waals surface area contributed by atoms with E-state index >= 15 is 0 Å². The van der Waals surface area contributed by atoms with Crippen molar-refractivity contribution in [1.82, 2.24) is 9.80 Å². The maximum atomic E-state index is 12.6. The minimum absolute atomic E-state index is 0.0449. The number of benzene rings is 1. The zero-order chi connectivity index (χ0) is 19.4. The summed E-state index contributed by atoms with van der Waals surface area (Å²) in [4.78, 5) is 40.1. The fraction of sp³-hybridized carbons (Fsp3) is 0.350. The molecule has 27 heavy (non-hydrogen) atoms. The largest absolute Gasteiger partial charge is 0.459 e. The van der Waals surface area contributed by atoms with Crippen molar-refractivity contribution in [2.24, 2.45) is 0 Å². The number of nitrogens with one attached hydrogen (secondary N) is 1. The van der Waals surface area contributed by atoms with Gasteiger partial charge in [-0.05, 0) is 38.1 Å². The first-order valence-electron chi connectivity index (χ1n) is 8.94. The lowest BCUT2D eigenvalue weighted by atomic mass is 10.1. The summed E-state index contributed by atoms with van der Waals surface area (Å²) in [7, 11) is 0. The van der Waals surface area contributed by atoms with E-state index in [0.29, 0.717) is 43.2 Å². The van der Waals surface area contributed by atoms with Crippen LogP contribution in [0.5, 0.6) is 0 Å². The molecule has 1 aliphatic rings. The predicted molar refractivity (Wildman–Crippen MR) is 101 cm³/mol. The molecule has 0 aliphatic carbocycles. The summed E-state index contributed by atoms with van der Waals surface area (Å²) in [5.74, 6) is 0.0235. The molecular formula is C20H23N3O4. The molecular weight excluding hydrogens is 346 g/mol. The molecule has 0 unspecified atom stereocenters. The summed E-state index contributed by atoms with van der Waals surface area (Å²) in [6.07, 6.45) is 1.48. The summed E-state index contributed by atoms with van der Waals surface area (Å²) < 4.78 is 5.16. The normalized spacial score (nSPS) is 16.0. The second-order valence-electron chi connectivity index (χ2n) is 6.61. The van der Waals surface area contributed by atoms with Gasteiger partial charge in [-0.1, -0.05) is 12.1 Å². The Kier molecular flexibility index (Phi) is 5.71. The second kappa shape index (κ2) is 8.18. The highest BCUT2D eigenvalue weighted by atomic mass is 16.3. The van der Waals surface area contributed by atoms with E-state index in [2.05, 4.69) is 5.32 Å². The highest BCUT2D eigenvalue weighted by molar-refractivity contribution is 5.98. The summed E-state index contributed by atoms with van der Waals surface area (Å²) in [6, 6.07) is 9.90. The molecule has 3 rings (SSSR count). The van der Waals surface area contributed by atoms with Crippen LogP contribution in [-0.2, 0) is 4.79 Å². The van der Waals surface area contributed by atoms with E-state index in [1.165, 1.54) is 13.2 Å². The van der Waals surface area contributed by atoms with Crippen molar-refractivity contribution in [2.45, 2.75) is 19.9 Å². The van der Waals surface area contributed by atoms with Gasteiger partial charge in [0.25, 0.3) is 5.91 Å². The van der Waals surface area contributed by atoms with Crippen molar-refractivity contribution in [3.8, 4) is 0 Å². The standard InChI is InChI=1S/C20H23N3O4/c1-14(19(25)21-17-6-3-5-16(13-17)15(2)24)22-8-10-23(11-9-22)20(26)18-7-4-12-27-18/h3-7,12-14H,8-11H2,1-2H3,(H,21,25)/t14-/m0/s1. The van der Waals surface area contributed by atoms with Crippen LogP contribution in [0.3, 0.4) is 0 Å². The van der Waals surface area contributed by atoms with Crippen LogP contribution in [0, 0.1) is 0 Å². The number of piperazine rings is 1. The van der Waals surface area contributed by atoms with Crippen LogP contribution < -0.4 is 5.32 Å². The van der Waals surface area contributed by atoms with Crippen LogP contribution >= 0.6 is 0 Å². The minimum Gasteiger partial charge on any atom is -0.459 e. The monoisotopic (exact) mass is 369 g/mol. The van der Waals surface area contributed by atoms with Crippen LogP contribution in [0.1, 0.15) is 34.8 Å². The van der Waals surface area contributed by atoms with E-state index in [0.717, 1.165) is 0 Å². The number of ketones is 1. The molecule has 2 amide bonds. The molecule has 1 atom stereocenters. The molecule has 1 aliphatic heterocycles. The van der Waals surface area contributed by atoms with E-state index in [4.69, 9.17) is 4.42 Å². The lowest BCUT2D eigenvalue weighted by Crippen LogP contribution is -2.54. The molecule has 142 valence electrons. The fourth-order valence-electron chi connectivity index (χ4n) is 3.10. The van der Waals surface area contributed by atoms with Gasteiger partial charge >= 0.3 is 0 Å². The lowest BCUT2D eigenvalue weighted by molar-refractivity contribution is -0.121. The number of rotatable bonds is 5. The fourth-order valence-corrected chi connectivity index (χ4v) is 3.10. The van der Waals surface area contributed by atoms with Crippen molar-refractivity contribution < 1.29 is 18.8 Å². The Morgan fingerprint density at radius 3 is 2.44 bits per heavy atom. The summed E-state index contributed by atoms with van der Waals surface area (Å²) >= 11 is 0. The van der Waals surface area contributed by atoms with Gasteiger partial charge < -0.3 is 14.6 Å². The predicted octanol–water partition coefficient (Wildman–Crippen LogP) is 2.27. The van der Waals surface area contributed by atoms with Crippen molar-refractivity contribution in [1.29, 1.82) is 0 Å². The Hall–Kier alpha value is -2.93. The lowest BCUT2D eigenvalue weighted by Gasteiger charge is -2.37. The Morgan fingerprint density at radius 2 is 1.81 bits per heavy atom. The average molecular weight is 369 g/mol. The van der Waals surface area contributed by atoms with Crippen molar-refractivity contribution in [2.75, 3.05) is 31.5 Å². The molecule has 0 spiro atoms. The SMILES string of the molecule is CC(=O)c1cccc(NC(=O)[C@H](C)N2CCN(C(=O)c3ccco3)CC2)c1. The van der Waals surface area contributed by atoms with Crippen molar-refractivity contribution in [3.63, 3.8) is 0 Å². The Labute approximate surface area is 157 Å². The number of carbonyl (C=O) groups is 3. The molecule has 2 heterocycles. The van der Waals surface area contributed by atoms with Gasteiger partial charge in [-0.3, -0.25) is 19.3 Å². The van der Waals surface area contributed by atoms with Crippen LogP contribution in [0.25, 0.3) is 0 Å². The van der Waals surface area contributed by atoms with E-state index in [-0.39, 0.29) is 23.6 Å². The van der Waals surface area contributed by atoms with Crippen LogP contribution in [0.2, 0.25) is 0 Å². The summed E-state index contributed by atoms with van der Waals surface area (Å²) in [5, 5.41) is 2.86. The minimum atomic E-state index is -0.341. The van der Waals surface area contributed by atoms with Gasteiger partial charge in [-0.15, -0.1) is 0 Å². The zero-order valence-corrected chi connectivity index (χ0v) is 15.5. The van der Waals surface area contributed by atoms with Gasteiger partial charge in [0.15, 0.2) is 11.5 Å². The molecule has 1 saturated heterocycles. The molecule has 0 bridgehead atoms. The first-order valence-corrected chi connectivity index (χ1v) is 8.94. The number of amides is 2. The van der Waals surface area contributed by atoms with Gasteiger partial charge in [-0.25, -0.2) is 0 Å². The average Bonchev–Trinajstić information content (AvgIpc) is 3.22. The Bertz CT molecular complexity index is 824. The van der Waals surface area contributed by atoms with Gasteiger partial charge in [0.05, 0.1) is 12.3 Å². The Morgan fingerprint density at radius 1 is 1.07 bits per heavy atom. The maximum Gasteiger partial charge on any atom is 0.289 e. The highest BCUT2D eigenvalue weighted by Crippen LogP contribution is 2.15. The first kappa shape index (κ1) is 18.8. The van der Waals surface area contributed by atoms with Crippen LogP contribution in [0.4, 0.5) is 5.69 Å². The molecule has 0 saturated carbocycles. The van der Waals surface area contributed by atoms with Crippen LogP contribution in [-0.4, -0.2) is 59.6 Å². The van der Waals surface area contributed by atoms with Gasteiger partial charge in [0.1, 0.15) is 0 Å². The molecule has 7 heteroatoms. The number of Topliss-reactive ketones (excluding diaryl/α,β-unsaturated/α-hetero) is 1. The highest BCUT2D eigenvalue weighted by Gasteiger charge is 2.28. The molecule has 2 aromatic rings. The second-order valence-corrected chi connectivity index (χ2v) is 6.61. The van der Waals surface area contributed by atoms with E-state index in [9.17, 15) is 14.4 Å².